The van der Waals surface area contributed by atoms with E-state index in [0.29, 0.717) is 5.02 Å². The molecule has 0 aromatic heterocycles. The molecule has 0 saturated heterocycles. The number of hydrogen-bond donors (Lipinski definition) is 4. The molecule has 0 fully saturated rings. The second-order valence-electron chi connectivity index (χ2n) is 2.92. The van der Waals surface area contributed by atoms with E-state index < -0.39 is 0 Å². The predicted octanol–water partition coefficient (Wildman–Crippen LogP) is 1.51. The van der Waals surface area contributed by atoms with E-state index in [1.807, 2.05) is 0 Å². The molecule has 1 aromatic rings. The van der Waals surface area contributed by atoms with Gasteiger partial charge in [0.05, 0.1) is 0 Å². The highest BCUT2D eigenvalue weighted by atomic mass is 35.5. The Balaban J connectivity index is 2.66. The Bertz CT molecular complexity index is 373. The largest absolute Gasteiger partial charge is 0.370 e. The molecule has 5 N–H and O–H groups in total. The third kappa shape index (κ3) is 3.14. The number of nitrogens with zero attached hydrogens (tertiary/aromatic N) is 1. The fourth-order valence-electron chi connectivity index (χ4n) is 0.874. The lowest BCUT2D eigenvalue weighted by Gasteiger charge is -2.18. The Morgan fingerprint density at radius 1 is 1.33 bits per heavy atom. The summed E-state index contributed by atoms with van der Waals surface area (Å²) in [6.07, 6.45) is 0. The summed E-state index contributed by atoms with van der Waals surface area (Å²) >= 11 is 5.72. The van der Waals surface area contributed by atoms with Crippen LogP contribution in [0, 0.1) is 10.8 Å². The standard InChI is InChI=1S/C9H12ClN5/c1-15(8(11)12)9(13)14-7-4-2-6(10)3-5-7/h2-5H,1H3,(H3,11,12)(H2,13,14). The van der Waals surface area contributed by atoms with Crippen LogP contribution in [0.2, 0.25) is 5.02 Å². The number of nitrogens with two attached hydrogens (primary N) is 1. The number of nitrogens with one attached hydrogen (secondary N) is 3. The van der Waals surface area contributed by atoms with Crippen molar-refractivity contribution >= 4 is 29.2 Å². The zero-order valence-electron chi connectivity index (χ0n) is 8.21. The monoisotopic (exact) mass is 225 g/mol. The first kappa shape index (κ1) is 11.3. The van der Waals surface area contributed by atoms with Crippen LogP contribution in [0.1, 0.15) is 0 Å². The molecule has 6 heteroatoms. The van der Waals surface area contributed by atoms with Crippen molar-refractivity contribution in [2.45, 2.75) is 0 Å². The van der Waals surface area contributed by atoms with Crippen LogP contribution in [0.5, 0.6) is 0 Å². The Morgan fingerprint density at radius 2 is 1.87 bits per heavy atom. The van der Waals surface area contributed by atoms with Crippen molar-refractivity contribution in [2.75, 3.05) is 12.4 Å². The van der Waals surface area contributed by atoms with E-state index in [-0.39, 0.29) is 11.9 Å². The van der Waals surface area contributed by atoms with Gasteiger partial charge in [0.15, 0.2) is 5.96 Å². The minimum atomic E-state index is -0.193. The van der Waals surface area contributed by atoms with Gasteiger partial charge in [-0.1, -0.05) is 11.6 Å². The van der Waals surface area contributed by atoms with Crippen LogP contribution >= 0.6 is 11.6 Å². The van der Waals surface area contributed by atoms with E-state index in [9.17, 15) is 0 Å². The molecule has 0 unspecified atom stereocenters. The summed E-state index contributed by atoms with van der Waals surface area (Å²) in [5.74, 6) is -0.161. The molecule has 15 heavy (non-hydrogen) atoms. The van der Waals surface area contributed by atoms with Crippen LogP contribution < -0.4 is 11.1 Å². The van der Waals surface area contributed by atoms with Gasteiger partial charge < -0.3 is 11.1 Å². The van der Waals surface area contributed by atoms with Gasteiger partial charge in [-0.15, -0.1) is 0 Å². The van der Waals surface area contributed by atoms with Crippen molar-refractivity contribution in [3.63, 3.8) is 0 Å². The second kappa shape index (κ2) is 4.65. The Kier molecular flexibility index (Phi) is 3.51. The van der Waals surface area contributed by atoms with Crippen molar-refractivity contribution in [3.05, 3.63) is 29.3 Å². The first-order valence-electron chi connectivity index (χ1n) is 4.19. The Labute approximate surface area is 92.8 Å². The van der Waals surface area contributed by atoms with E-state index in [0.717, 1.165) is 5.69 Å². The highest BCUT2D eigenvalue weighted by Crippen LogP contribution is 2.13. The van der Waals surface area contributed by atoms with Crippen molar-refractivity contribution in [1.82, 2.24) is 4.90 Å². The fraction of sp³-hybridized carbons (Fsp3) is 0.111. The minimum Gasteiger partial charge on any atom is -0.370 e. The maximum Gasteiger partial charge on any atom is 0.202 e. The van der Waals surface area contributed by atoms with Crippen molar-refractivity contribution in [3.8, 4) is 0 Å². The Morgan fingerprint density at radius 3 is 2.33 bits per heavy atom. The molecular formula is C9H12ClN5. The molecule has 0 spiro atoms. The van der Waals surface area contributed by atoms with Gasteiger partial charge in [-0.2, -0.15) is 0 Å². The lowest BCUT2D eigenvalue weighted by atomic mass is 10.3. The summed E-state index contributed by atoms with van der Waals surface area (Å²) in [5, 5.41) is 18.1. The van der Waals surface area contributed by atoms with Gasteiger partial charge in [-0.3, -0.25) is 15.7 Å². The molecule has 5 nitrogen and oxygen atoms in total. The number of guanidine groups is 2. The first-order valence-corrected chi connectivity index (χ1v) is 4.57. The van der Waals surface area contributed by atoms with Gasteiger partial charge in [-0.05, 0) is 24.3 Å². The molecule has 0 aliphatic carbocycles. The van der Waals surface area contributed by atoms with Crippen LogP contribution in [0.3, 0.4) is 0 Å². The van der Waals surface area contributed by atoms with Gasteiger partial charge in [0.25, 0.3) is 0 Å². The SMILES string of the molecule is CN(C(=N)N)C(=N)Nc1ccc(Cl)cc1. The average molecular weight is 226 g/mol. The number of hydrogen-bond acceptors (Lipinski definition) is 2. The smallest absolute Gasteiger partial charge is 0.202 e. The molecule has 0 aliphatic heterocycles. The second-order valence-corrected chi connectivity index (χ2v) is 3.36. The lowest BCUT2D eigenvalue weighted by Crippen LogP contribution is -2.41. The highest BCUT2D eigenvalue weighted by molar-refractivity contribution is 6.30. The number of rotatable bonds is 1. The maximum absolute atomic E-state index is 7.58. The normalized spacial score (nSPS) is 9.47. The topological polar surface area (TPSA) is 89.0 Å². The van der Waals surface area contributed by atoms with E-state index in [1.165, 1.54) is 11.9 Å². The lowest BCUT2D eigenvalue weighted by molar-refractivity contribution is 0.725. The summed E-state index contributed by atoms with van der Waals surface area (Å²) in [7, 11) is 1.54. The van der Waals surface area contributed by atoms with E-state index in [1.54, 1.807) is 24.3 Å². The number of halogens is 1. The fourth-order valence-corrected chi connectivity index (χ4v) is 1.00. The summed E-state index contributed by atoms with van der Waals surface area (Å²) in [6.45, 7) is 0. The van der Waals surface area contributed by atoms with Gasteiger partial charge in [0.2, 0.25) is 5.96 Å². The highest BCUT2D eigenvalue weighted by Gasteiger charge is 2.06. The van der Waals surface area contributed by atoms with Crippen LogP contribution in [-0.4, -0.2) is 23.9 Å². The molecule has 0 radical (unpaired) electrons. The van der Waals surface area contributed by atoms with Crippen molar-refractivity contribution in [2.24, 2.45) is 5.73 Å². The number of anilines is 1. The zero-order chi connectivity index (χ0) is 11.4. The van der Waals surface area contributed by atoms with Gasteiger partial charge in [0, 0.05) is 17.8 Å². The molecule has 0 amide bonds. The summed E-state index contributed by atoms with van der Waals surface area (Å²) in [5.41, 5.74) is 5.94. The van der Waals surface area contributed by atoms with E-state index >= 15 is 0 Å². The first-order chi connectivity index (χ1) is 7.00. The molecule has 0 aliphatic rings. The van der Waals surface area contributed by atoms with Gasteiger partial charge >= 0.3 is 0 Å². The number of benzene rings is 1. The van der Waals surface area contributed by atoms with Crippen LogP contribution in [0.4, 0.5) is 5.69 Å². The molecule has 0 bridgehead atoms. The third-order valence-corrected chi connectivity index (χ3v) is 2.06. The third-order valence-electron chi connectivity index (χ3n) is 1.80. The molecule has 1 aromatic carbocycles. The Hall–Kier alpha value is -1.75. The van der Waals surface area contributed by atoms with Crippen LogP contribution in [-0.2, 0) is 0 Å². The molecule has 80 valence electrons. The van der Waals surface area contributed by atoms with Crippen molar-refractivity contribution < 1.29 is 0 Å². The summed E-state index contributed by atoms with van der Waals surface area (Å²) in [4.78, 5) is 1.22. The molecule has 1 rings (SSSR count). The molecule has 0 saturated carbocycles. The van der Waals surface area contributed by atoms with Crippen LogP contribution in [0.25, 0.3) is 0 Å². The van der Waals surface area contributed by atoms with Crippen molar-refractivity contribution in [1.29, 1.82) is 10.8 Å². The van der Waals surface area contributed by atoms with Gasteiger partial charge in [0.1, 0.15) is 0 Å². The molecule has 0 heterocycles. The van der Waals surface area contributed by atoms with Crippen LogP contribution in [0.15, 0.2) is 24.3 Å². The summed E-state index contributed by atoms with van der Waals surface area (Å²) < 4.78 is 0. The van der Waals surface area contributed by atoms with E-state index in [4.69, 9.17) is 28.2 Å². The maximum atomic E-state index is 7.58. The van der Waals surface area contributed by atoms with Gasteiger partial charge in [-0.25, -0.2) is 0 Å². The summed E-state index contributed by atoms with van der Waals surface area (Å²) in [6, 6.07) is 6.91. The van der Waals surface area contributed by atoms with E-state index in [2.05, 4.69) is 5.32 Å². The predicted molar refractivity (Wildman–Crippen MR) is 62.5 cm³/mol. The minimum absolute atomic E-state index is 0.0322. The molecule has 0 atom stereocenters. The average Bonchev–Trinajstić information content (AvgIpc) is 2.20. The zero-order valence-corrected chi connectivity index (χ0v) is 8.97. The molecular weight excluding hydrogens is 214 g/mol. The quantitative estimate of drug-likeness (QED) is 0.432.